The third-order valence-electron chi connectivity index (χ3n) is 1.40. The molecule has 60 valence electrons. The maximum absolute atomic E-state index is 13.1. The van der Waals surface area contributed by atoms with Crippen LogP contribution in [0.2, 0.25) is 5.02 Å². The largest absolute Gasteiger partial charge is 0.205 e. The molecule has 0 N–H and O–H groups in total. The Balaban J connectivity index is 2.96. The normalized spacial score (nSPS) is 10.1. The van der Waals surface area contributed by atoms with E-state index in [-0.39, 0.29) is 10.8 Å². The SMILES string of the molecule is Fc1c(Cl)cccc1CCI. The molecule has 0 amide bonds. The summed E-state index contributed by atoms with van der Waals surface area (Å²) in [5, 5.41) is 0.215. The average Bonchev–Trinajstić information content (AvgIpc) is 1.99. The van der Waals surface area contributed by atoms with Gasteiger partial charge in [0.1, 0.15) is 5.82 Å². The minimum Gasteiger partial charge on any atom is -0.205 e. The summed E-state index contributed by atoms with van der Waals surface area (Å²) in [6.07, 6.45) is 0.743. The molecule has 0 radical (unpaired) electrons. The first-order chi connectivity index (χ1) is 5.25. The summed E-state index contributed by atoms with van der Waals surface area (Å²) in [6, 6.07) is 5.10. The van der Waals surface area contributed by atoms with Crippen molar-refractivity contribution in [1.29, 1.82) is 0 Å². The number of benzene rings is 1. The van der Waals surface area contributed by atoms with E-state index in [0.29, 0.717) is 5.56 Å². The number of aryl methyl sites for hydroxylation is 1. The number of alkyl halides is 1. The molecular formula is C8H7ClFI. The lowest BCUT2D eigenvalue weighted by molar-refractivity contribution is 0.613. The van der Waals surface area contributed by atoms with Crippen molar-refractivity contribution >= 4 is 34.2 Å². The third-order valence-corrected chi connectivity index (χ3v) is 2.23. The molecular weight excluding hydrogens is 277 g/mol. The van der Waals surface area contributed by atoms with Gasteiger partial charge < -0.3 is 0 Å². The third kappa shape index (κ3) is 2.30. The minimum atomic E-state index is -0.272. The van der Waals surface area contributed by atoms with Gasteiger partial charge in [0, 0.05) is 4.43 Å². The molecule has 0 bridgehead atoms. The lowest BCUT2D eigenvalue weighted by Gasteiger charge is -2.00. The fourth-order valence-corrected chi connectivity index (χ4v) is 1.62. The number of hydrogen-bond acceptors (Lipinski definition) is 0. The van der Waals surface area contributed by atoms with E-state index in [4.69, 9.17) is 11.6 Å². The highest BCUT2D eigenvalue weighted by molar-refractivity contribution is 14.1. The maximum atomic E-state index is 13.1. The van der Waals surface area contributed by atoms with Crippen molar-refractivity contribution in [1.82, 2.24) is 0 Å². The lowest BCUT2D eigenvalue weighted by atomic mass is 10.2. The van der Waals surface area contributed by atoms with Gasteiger partial charge in [0.15, 0.2) is 0 Å². The summed E-state index contributed by atoms with van der Waals surface area (Å²) in [4.78, 5) is 0. The lowest BCUT2D eigenvalue weighted by Crippen LogP contribution is -1.91. The van der Waals surface area contributed by atoms with Gasteiger partial charge in [0.05, 0.1) is 5.02 Å². The Morgan fingerprint density at radius 1 is 1.45 bits per heavy atom. The first-order valence-electron chi connectivity index (χ1n) is 3.24. The number of hydrogen-bond donors (Lipinski definition) is 0. The summed E-state index contributed by atoms with van der Waals surface area (Å²) in [7, 11) is 0. The Bertz CT molecular complexity index is 250. The van der Waals surface area contributed by atoms with Crippen LogP contribution in [-0.2, 0) is 6.42 Å². The van der Waals surface area contributed by atoms with Gasteiger partial charge >= 0.3 is 0 Å². The molecule has 0 saturated heterocycles. The van der Waals surface area contributed by atoms with Crippen LogP contribution < -0.4 is 0 Å². The van der Waals surface area contributed by atoms with Crippen molar-refractivity contribution in [2.45, 2.75) is 6.42 Å². The van der Waals surface area contributed by atoms with E-state index < -0.39 is 0 Å². The van der Waals surface area contributed by atoms with Crippen molar-refractivity contribution in [2.75, 3.05) is 4.43 Å². The quantitative estimate of drug-likeness (QED) is 0.576. The molecule has 11 heavy (non-hydrogen) atoms. The zero-order chi connectivity index (χ0) is 8.27. The number of rotatable bonds is 2. The second-order valence-corrected chi connectivity index (χ2v) is 3.64. The Labute approximate surface area is 83.9 Å². The Morgan fingerprint density at radius 2 is 2.18 bits per heavy atom. The second-order valence-electron chi connectivity index (χ2n) is 2.15. The molecule has 1 aromatic carbocycles. The molecule has 0 spiro atoms. The first-order valence-corrected chi connectivity index (χ1v) is 5.15. The van der Waals surface area contributed by atoms with Crippen LogP contribution in [0, 0.1) is 5.82 Å². The monoisotopic (exact) mass is 284 g/mol. The second kappa shape index (κ2) is 4.26. The Hall–Kier alpha value is 0.170. The van der Waals surface area contributed by atoms with Gasteiger partial charge in [-0.25, -0.2) is 4.39 Å². The standard InChI is InChI=1S/C8H7ClFI/c9-7-3-1-2-6(4-5-11)8(7)10/h1-3H,4-5H2. The van der Waals surface area contributed by atoms with Crippen LogP contribution in [0.5, 0.6) is 0 Å². The molecule has 0 nitrogen and oxygen atoms in total. The molecule has 0 aromatic heterocycles. The van der Waals surface area contributed by atoms with Crippen LogP contribution in [0.15, 0.2) is 18.2 Å². The molecule has 1 rings (SSSR count). The van der Waals surface area contributed by atoms with E-state index in [9.17, 15) is 4.39 Å². The predicted octanol–water partition coefficient (Wildman–Crippen LogP) is 3.46. The van der Waals surface area contributed by atoms with Gasteiger partial charge in [-0.1, -0.05) is 46.3 Å². The van der Waals surface area contributed by atoms with E-state index in [0.717, 1.165) is 10.8 Å². The van der Waals surface area contributed by atoms with E-state index in [1.807, 2.05) is 0 Å². The van der Waals surface area contributed by atoms with Crippen molar-refractivity contribution in [3.63, 3.8) is 0 Å². The smallest absolute Gasteiger partial charge is 0.144 e. The zero-order valence-electron chi connectivity index (χ0n) is 5.78. The van der Waals surface area contributed by atoms with E-state index in [1.165, 1.54) is 0 Å². The molecule has 3 heteroatoms. The van der Waals surface area contributed by atoms with Gasteiger partial charge in [-0.2, -0.15) is 0 Å². The van der Waals surface area contributed by atoms with Gasteiger partial charge in [-0.05, 0) is 18.1 Å². The van der Waals surface area contributed by atoms with Crippen molar-refractivity contribution < 1.29 is 4.39 Å². The summed E-state index contributed by atoms with van der Waals surface area (Å²) < 4.78 is 14.0. The molecule has 0 aliphatic carbocycles. The predicted molar refractivity (Wildman–Crippen MR) is 54.0 cm³/mol. The van der Waals surface area contributed by atoms with Crippen LogP contribution >= 0.6 is 34.2 Å². The topological polar surface area (TPSA) is 0 Å². The average molecular weight is 284 g/mol. The molecule has 0 aliphatic heterocycles. The summed E-state index contributed by atoms with van der Waals surface area (Å²) in [5.74, 6) is -0.272. The highest BCUT2D eigenvalue weighted by atomic mass is 127. The molecule has 0 atom stereocenters. The Morgan fingerprint density at radius 3 is 2.82 bits per heavy atom. The zero-order valence-corrected chi connectivity index (χ0v) is 8.69. The molecule has 0 aliphatic rings. The summed E-state index contributed by atoms with van der Waals surface area (Å²) in [5.41, 5.74) is 0.701. The maximum Gasteiger partial charge on any atom is 0.144 e. The molecule has 0 unspecified atom stereocenters. The van der Waals surface area contributed by atoms with Crippen molar-refractivity contribution in [3.8, 4) is 0 Å². The van der Waals surface area contributed by atoms with E-state index in [1.54, 1.807) is 18.2 Å². The minimum absolute atomic E-state index is 0.215. The highest BCUT2D eigenvalue weighted by Crippen LogP contribution is 2.18. The Kier molecular flexibility index (Phi) is 3.59. The van der Waals surface area contributed by atoms with Crippen LogP contribution in [0.25, 0.3) is 0 Å². The van der Waals surface area contributed by atoms with Crippen LogP contribution in [0.1, 0.15) is 5.56 Å². The highest BCUT2D eigenvalue weighted by Gasteiger charge is 2.03. The van der Waals surface area contributed by atoms with Gasteiger partial charge in [-0.3, -0.25) is 0 Å². The fourth-order valence-electron chi connectivity index (χ4n) is 0.843. The summed E-state index contributed by atoms with van der Waals surface area (Å²) in [6.45, 7) is 0. The molecule has 0 heterocycles. The first kappa shape index (κ1) is 9.26. The van der Waals surface area contributed by atoms with Crippen LogP contribution in [0.4, 0.5) is 4.39 Å². The summed E-state index contributed by atoms with van der Waals surface area (Å²) >= 11 is 7.78. The fraction of sp³-hybridized carbons (Fsp3) is 0.250. The van der Waals surface area contributed by atoms with E-state index in [2.05, 4.69) is 22.6 Å². The molecule has 1 aromatic rings. The van der Waals surface area contributed by atoms with Gasteiger partial charge in [0.2, 0.25) is 0 Å². The molecule has 0 fully saturated rings. The van der Waals surface area contributed by atoms with Crippen LogP contribution in [-0.4, -0.2) is 4.43 Å². The van der Waals surface area contributed by atoms with Crippen molar-refractivity contribution in [2.24, 2.45) is 0 Å². The molecule has 0 saturated carbocycles. The number of halogens is 3. The van der Waals surface area contributed by atoms with Crippen LogP contribution in [0.3, 0.4) is 0 Å². The van der Waals surface area contributed by atoms with E-state index >= 15 is 0 Å². The van der Waals surface area contributed by atoms with Crippen molar-refractivity contribution in [3.05, 3.63) is 34.6 Å². The van der Waals surface area contributed by atoms with Gasteiger partial charge in [-0.15, -0.1) is 0 Å². The van der Waals surface area contributed by atoms with Gasteiger partial charge in [0.25, 0.3) is 0 Å².